The molecule has 1 heterocycles. The lowest BCUT2D eigenvalue weighted by molar-refractivity contribution is 0.0953. The fraction of sp³-hybridized carbons (Fsp3) is 0.238. The average Bonchev–Trinajstić information content (AvgIpc) is 2.63. The monoisotopic (exact) mass is 350 g/mol. The number of pyridine rings is 1. The van der Waals surface area contributed by atoms with Gasteiger partial charge in [-0.1, -0.05) is 24.3 Å². The Bertz CT molecular complexity index is 1020. The van der Waals surface area contributed by atoms with Gasteiger partial charge in [0.15, 0.2) is 0 Å². The van der Waals surface area contributed by atoms with Crippen LogP contribution in [0.2, 0.25) is 0 Å². The molecule has 2 N–H and O–H groups in total. The van der Waals surface area contributed by atoms with E-state index in [1.54, 1.807) is 13.2 Å². The van der Waals surface area contributed by atoms with E-state index < -0.39 is 0 Å². The molecular formula is C21H22N2O3. The van der Waals surface area contributed by atoms with Crippen LogP contribution >= 0.6 is 0 Å². The summed E-state index contributed by atoms with van der Waals surface area (Å²) >= 11 is 0. The van der Waals surface area contributed by atoms with Crippen LogP contribution in [0.15, 0.2) is 47.3 Å². The molecule has 5 nitrogen and oxygen atoms in total. The summed E-state index contributed by atoms with van der Waals surface area (Å²) in [7, 11) is 1.58. The lowest BCUT2D eigenvalue weighted by Crippen LogP contribution is -2.28. The summed E-state index contributed by atoms with van der Waals surface area (Å²) in [4.78, 5) is 27.6. The van der Waals surface area contributed by atoms with Gasteiger partial charge in [-0.25, -0.2) is 0 Å². The Balaban J connectivity index is 1.78. The van der Waals surface area contributed by atoms with Crippen LogP contribution in [-0.2, 0) is 6.42 Å². The molecule has 0 atom stereocenters. The molecule has 0 saturated carbocycles. The van der Waals surface area contributed by atoms with Crippen molar-refractivity contribution in [1.29, 1.82) is 0 Å². The number of aryl methyl sites for hydroxylation is 2. The van der Waals surface area contributed by atoms with Gasteiger partial charge in [0.05, 0.1) is 12.6 Å². The maximum Gasteiger partial charge on any atom is 0.251 e. The number of carbonyl (C=O) groups excluding carboxylic acids is 1. The maximum atomic E-state index is 12.4. The number of rotatable bonds is 5. The highest BCUT2D eigenvalue weighted by atomic mass is 16.5. The second kappa shape index (κ2) is 7.44. The second-order valence-electron chi connectivity index (χ2n) is 6.32. The molecule has 2 aromatic carbocycles. The Morgan fingerprint density at radius 3 is 2.62 bits per heavy atom. The third-order valence-electron chi connectivity index (χ3n) is 4.56. The topological polar surface area (TPSA) is 71.2 Å². The van der Waals surface area contributed by atoms with Crippen molar-refractivity contribution in [3.63, 3.8) is 0 Å². The van der Waals surface area contributed by atoms with Gasteiger partial charge < -0.3 is 15.0 Å². The normalized spacial score (nSPS) is 10.7. The molecule has 0 aliphatic heterocycles. The molecule has 0 radical (unpaired) electrons. The van der Waals surface area contributed by atoms with E-state index in [-0.39, 0.29) is 11.5 Å². The van der Waals surface area contributed by atoms with E-state index in [2.05, 4.69) is 10.3 Å². The lowest BCUT2D eigenvalue weighted by Gasteiger charge is -2.10. The number of benzene rings is 2. The Hall–Kier alpha value is -3.08. The van der Waals surface area contributed by atoms with Crippen molar-refractivity contribution in [1.82, 2.24) is 10.3 Å². The number of hydrogen-bond donors (Lipinski definition) is 2. The molecule has 0 aliphatic carbocycles. The predicted octanol–water partition coefficient (Wildman–Crippen LogP) is 3.13. The molecule has 5 heteroatoms. The first kappa shape index (κ1) is 17.7. The number of hydrogen-bond acceptors (Lipinski definition) is 3. The minimum Gasteiger partial charge on any atom is -0.495 e. The number of nitrogens with one attached hydrogen (secondary N) is 2. The smallest absolute Gasteiger partial charge is 0.251 e. The zero-order chi connectivity index (χ0) is 18.7. The zero-order valence-corrected chi connectivity index (χ0v) is 15.2. The van der Waals surface area contributed by atoms with Gasteiger partial charge in [0.2, 0.25) is 0 Å². The van der Waals surface area contributed by atoms with E-state index in [0.29, 0.717) is 35.4 Å². The minimum absolute atomic E-state index is 0.127. The lowest BCUT2D eigenvalue weighted by atomic mass is 10.1. The van der Waals surface area contributed by atoms with Gasteiger partial charge in [0.25, 0.3) is 11.5 Å². The maximum absolute atomic E-state index is 12.4. The summed E-state index contributed by atoms with van der Waals surface area (Å²) in [5.41, 5.74) is 3.81. The van der Waals surface area contributed by atoms with E-state index >= 15 is 0 Å². The molecule has 1 amide bonds. The van der Waals surface area contributed by atoms with Gasteiger partial charge in [0.1, 0.15) is 5.75 Å². The number of aromatic amines is 1. The van der Waals surface area contributed by atoms with Crippen molar-refractivity contribution in [2.24, 2.45) is 0 Å². The molecule has 0 fully saturated rings. The molecule has 0 unspecified atom stereocenters. The molecule has 0 spiro atoms. The van der Waals surface area contributed by atoms with E-state index in [1.165, 1.54) is 0 Å². The molecule has 0 aliphatic rings. The second-order valence-corrected chi connectivity index (χ2v) is 6.32. The van der Waals surface area contributed by atoms with E-state index in [1.807, 2.05) is 50.2 Å². The van der Waals surface area contributed by atoms with Crippen molar-refractivity contribution < 1.29 is 9.53 Å². The molecule has 3 aromatic rings. The Morgan fingerprint density at radius 2 is 1.88 bits per heavy atom. The van der Waals surface area contributed by atoms with E-state index in [9.17, 15) is 9.59 Å². The molecular weight excluding hydrogens is 328 g/mol. The fourth-order valence-electron chi connectivity index (χ4n) is 3.04. The number of methoxy groups -OCH3 is 1. The quantitative estimate of drug-likeness (QED) is 0.743. The van der Waals surface area contributed by atoms with Crippen LogP contribution in [0.5, 0.6) is 5.75 Å². The van der Waals surface area contributed by atoms with Crippen LogP contribution in [0.1, 0.15) is 27.0 Å². The summed E-state index contributed by atoms with van der Waals surface area (Å²) in [5.74, 6) is 0.514. The Labute approximate surface area is 152 Å². The number of carbonyl (C=O) groups is 1. The third kappa shape index (κ3) is 3.47. The van der Waals surface area contributed by atoms with Crippen LogP contribution in [0.4, 0.5) is 0 Å². The first-order valence-electron chi connectivity index (χ1n) is 8.54. The molecule has 3 rings (SSSR count). The van der Waals surface area contributed by atoms with Crippen molar-refractivity contribution in [3.05, 3.63) is 75.1 Å². The number of amides is 1. The summed E-state index contributed by atoms with van der Waals surface area (Å²) in [6, 6.07) is 13.1. The SMILES string of the molecule is COc1ccc(C)c2cc(CCNC(=O)c3ccccc3C)c(=O)[nH]c12. The van der Waals surface area contributed by atoms with Gasteiger partial charge in [0, 0.05) is 23.1 Å². The highest BCUT2D eigenvalue weighted by Crippen LogP contribution is 2.25. The first-order chi connectivity index (χ1) is 12.5. The Morgan fingerprint density at radius 1 is 1.12 bits per heavy atom. The van der Waals surface area contributed by atoms with Crippen LogP contribution in [0.25, 0.3) is 10.9 Å². The molecule has 1 aromatic heterocycles. The summed E-state index contributed by atoms with van der Waals surface area (Å²) < 4.78 is 5.32. The van der Waals surface area contributed by atoms with Crippen LogP contribution in [-0.4, -0.2) is 24.5 Å². The van der Waals surface area contributed by atoms with Gasteiger partial charge in [-0.2, -0.15) is 0 Å². The fourth-order valence-corrected chi connectivity index (χ4v) is 3.04. The largest absolute Gasteiger partial charge is 0.495 e. The number of ether oxygens (including phenoxy) is 1. The van der Waals surface area contributed by atoms with Crippen LogP contribution in [0, 0.1) is 13.8 Å². The third-order valence-corrected chi connectivity index (χ3v) is 4.56. The average molecular weight is 350 g/mol. The highest BCUT2D eigenvalue weighted by molar-refractivity contribution is 5.95. The molecule has 134 valence electrons. The Kier molecular flexibility index (Phi) is 5.07. The number of aromatic nitrogens is 1. The molecule has 0 bridgehead atoms. The van der Waals surface area contributed by atoms with E-state index in [0.717, 1.165) is 16.5 Å². The summed E-state index contributed by atoms with van der Waals surface area (Å²) in [5, 5.41) is 3.83. The van der Waals surface area contributed by atoms with Crippen LogP contribution in [0.3, 0.4) is 0 Å². The van der Waals surface area contributed by atoms with Crippen molar-refractivity contribution in [2.45, 2.75) is 20.3 Å². The number of fused-ring (bicyclic) bond motifs is 1. The van der Waals surface area contributed by atoms with Gasteiger partial charge in [-0.05, 0) is 49.6 Å². The van der Waals surface area contributed by atoms with Gasteiger partial charge in [-0.15, -0.1) is 0 Å². The van der Waals surface area contributed by atoms with Gasteiger partial charge in [-0.3, -0.25) is 9.59 Å². The zero-order valence-electron chi connectivity index (χ0n) is 15.2. The highest BCUT2D eigenvalue weighted by Gasteiger charge is 2.11. The minimum atomic E-state index is -0.161. The summed E-state index contributed by atoms with van der Waals surface area (Å²) in [6.45, 7) is 4.29. The molecule has 0 saturated heterocycles. The first-order valence-corrected chi connectivity index (χ1v) is 8.54. The van der Waals surface area contributed by atoms with Crippen LogP contribution < -0.4 is 15.6 Å². The number of H-pyrrole nitrogens is 1. The summed E-state index contributed by atoms with van der Waals surface area (Å²) in [6.07, 6.45) is 0.458. The van der Waals surface area contributed by atoms with Gasteiger partial charge >= 0.3 is 0 Å². The molecule has 26 heavy (non-hydrogen) atoms. The van der Waals surface area contributed by atoms with Crippen molar-refractivity contribution in [2.75, 3.05) is 13.7 Å². The standard InChI is InChI=1S/C21H22N2O3/c1-13-6-4-5-7-16(13)21(25)22-11-10-15-12-17-14(2)8-9-18(26-3)19(17)23-20(15)24/h4-9,12H,10-11H2,1-3H3,(H,22,25)(H,23,24). The predicted molar refractivity (Wildman–Crippen MR) is 103 cm³/mol. The van der Waals surface area contributed by atoms with Crippen molar-refractivity contribution in [3.8, 4) is 5.75 Å². The van der Waals surface area contributed by atoms with Crippen molar-refractivity contribution >= 4 is 16.8 Å². The van der Waals surface area contributed by atoms with E-state index in [4.69, 9.17) is 4.74 Å².